The van der Waals surface area contributed by atoms with Crippen LogP contribution in [0, 0.1) is 11.8 Å². The van der Waals surface area contributed by atoms with Crippen LogP contribution in [-0.4, -0.2) is 33.9 Å². The summed E-state index contributed by atoms with van der Waals surface area (Å²) < 4.78 is 0. The second-order valence-corrected chi connectivity index (χ2v) is 6.70. The van der Waals surface area contributed by atoms with E-state index in [0.29, 0.717) is 25.7 Å². The maximum Gasteiger partial charge on any atom is 0.303 e. The van der Waals surface area contributed by atoms with E-state index in [2.05, 4.69) is 6.92 Å². The van der Waals surface area contributed by atoms with E-state index in [1.165, 1.54) is 6.08 Å². The highest BCUT2D eigenvalue weighted by Crippen LogP contribution is 2.33. The molecule has 1 saturated carbocycles. The minimum atomic E-state index is -0.809. The van der Waals surface area contributed by atoms with Gasteiger partial charge in [0.1, 0.15) is 5.78 Å². The Bertz CT molecular complexity index is 506. The number of carboxylic acid groups (broad SMARTS) is 1. The summed E-state index contributed by atoms with van der Waals surface area (Å²) in [6, 6.07) is 0. The molecule has 5 heteroatoms. The summed E-state index contributed by atoms with van der Waals surface area (Å²) in [5.41, 5.74) is 0. The lowest BCUT2D eigenvalue weighted by molar-refractivity contribution is -0.137. The molecule has 0 heterocycles. The molecule has 0 aliphatic heterocycles. The van der Waals surface area contributed by atoms with Crippen LogP contribution < -0.4 is 0 Å². The van der Waals surface area contributed by atoms with Gasteiger partial charge in [-0.3, -0.25) is 14.4 Å². The Balaban J connectivity index is 2.49. The zero-order valence-corrected chi connectivity index (χ0v) is 15.0. The van der Waals surface area contributed by atoms with Crippen molar-refractivity contribution in [2.75, 3.05) is 0 Å². The Morgan fingerprint density at radius 3 is 2.60 bits per heavy atom. The molecule has 0 saturated heterocycles. The Morgan fingerprint density at radius 2 is 1.92 bits per heavy atom. The van der Waals surface area contributed by atoms with Crippen molar-refractivity contribution in [2.24, 2.45) is 11.8 Å². The lowest BCUT2D eigenvalue weighted by Crippen LogP contribution is -2.18. The largest absolute Gasteiger partial charge is 0.481 e. The van der Waals surface area contributed by atoms with Crippen LogP contribution in [0.1, 0.15) is 64.7 Å². The quantitative estimate of drug-likeness (QED) is 0.319. The number of aliphatic hydroxyl groups excluding tert-OH is 1. The van der Waals surface area contributed by atoms with Gasteiger partial charge in [-0.05, 0) is 31.8 Å². The van der Waals surface area contributed by atoms with Crippen molar-refractivity contribution < 1.29 is 24.6 Å². The molecule has 0 radical (unpaired) electrons. The predicted molar refractivity (Wildman–Crippen MR) is 96.1 cm³/mol. The Kier molecular flexibility index (Phi) is 10.0. The van der Waals surface area contributed by atoms with Crippen LogP contribution in [0.5, 0.6) is 0 Å². The molecule has 0 aromatic rings. The van der Waals surface area contributed by atoms with Crippen molar-refractivity contribution >= 4 is 17.5 Å². The molecule has 25 heavy (non-hydrogen) atoms. The number of allylic oxidation sites excluding steroid dienone is 3. The van der Waals surface area contributed by atoms with Gasteiger partial charge in [-0.25, -0.2) is 0 Å². The SMILES string of the molecule is CCCCCC(=O)/C=C/[C@H]1[C@H](O)CC(=O)[C@H]1C/C=C/CCCC(=O)O. The average Bonchev–Trinajstić information content (AvgIpc) is 2.82. The zero-order valence-electron chi connectivity index (χ0n) is 15.0. The Hall–Kier alpha value is -1.75. The molecule has 0 spiro atoms. The van der Waals surface area contributed by atoms with Crippen molar-refractivity contribution in [1.82, 2.24) is 0 Å². The van der Waals surface area contributed by atoms with Gasteiger partial charge < -0.3 is 10.2 Å². The van der Waals surface area contributed by atoms with Gasteiger partial charge in [-0.15, -0.1) is 0 Å². The van der Waals surface area contributed by atoms with Crippen LogP contribution >= 0.6 is 0 Å². The molecule has 2 N–H and O–H groups in total. The Labute approximate surface area is 149 Å². The second kappa shape index (κ2) is 11.7. The standard InChI is InChI=1S/C20H30O5/c1-2-3-6-9-15(21)12-13-17-16(18(22)14-19(17)23)10-7-4-5-8-11-20(24)25/h4,7,12-13,16-17,19,23H,2-3,5-6,8-11,14H2,1H3,(H,24,25)/b7-4+,13-12+/t16-,17+,19+/m0/s1. The first-order chi connectivity index (χ1) is 12.0. The van der Waals surface area contributed by atoms with Crippen LogP contribution in [-0.2, 0) is 14.4 Å². The van der Waals surface area contributed by atoms with Gasteiger partial charge >= 0.3 is 5.97 Å². The number of carboxylic acids is 1. The first-order valence-corrected chi connectivity index (χ1v) is 9.24. The third-order valence-electron chi connectivity index (χ3n) is 4.58. The van der Waals surface area contributed by atoms with Gasteiger partial charge in [0.15, 0.2) is 5.78 Å². The summed E-state index contributed by atoms with van der Waals surface area (Å²) in [5, 5.41) is 18.7. The fourth-order valence-corrected chi connectivity index (χ4v) is 3.11. The van der Waals surface area contributed by atoms with Gasteiger partial charge in [-0.2, -0.15) is 0 Å². The van der Waals surface area contributed by atoms with Crippen LogP contribution in [0.25, 0.3) is 0 Å². The maximum atomic E-state index is 12.1. The van der Waals surface area contributed by atoms with E-state index in [-0.39, 0.29) is 36.2 Å². The van der Waals surface area contributed by atoms with Crippen molar-refractivity contribution in [3.05, 3.63) is 24.3 Å². The number of unbranched alkanes of at least 4 members (excludes halogenated alkanes) is 3. The fourth-order valence-electron chi connectivity index (χ4n) is 3.11. The monoisotopic (exact) mass is 350 g/mol. The van der Waals surface area contributed by atoms with E-state index in [1.54, 1.807) is 6.08 Å². The molecule has 0 aromatic heterocycles. The van der Waals surface area contributed by atoms with E-state index in [1.807, 2.05) is 12.2 Å². The highest BCUT2D eigenvalue weighted by Gasteiger charge is 2.39. The third-order valence-corrected chi connectivity index (χ3v) is 4.58. The number of hydrogen-bond acceptors (Lipinski definition) is 4. The van der Waals surface area contributed by atoms with Gasteiger partial charge in [0.25, 0.3) is 0 Å². The molecule has 3 atom stereocenters. The van der Waals surface area contributed by atoms with E-state index >= 15 is 0 Å². The summed E-state index contributed by atoms with van der Waals surface area (Å²) in [4.78, 5) is 34.4. The fraction of sp³-hybridized carbons (Fsp3) is 0.650. The third kappa shape index (κ3) is 8.25. The first kappa shape index (κ1) is 21.3. The topological polar surface area (TPSA) is 91.7 Å². The molecular formula is C20H30O5. The van der Waals surface area contributed by atoms with Crippen LogP contribution in [0.3, 0.4) is 0 Å². The zero-order chi connectivity index (χ0) is 18.7. The molecule has 1 aliphatic rings. The van der Waals surface area contributed by atoms with Crippen molar-refractivity contribution in [1.29, 1.82) is 0 Å². The molecule has 0 amide bonds. The summed E-state index contributed by atoms with van der Waals surface area (Å²) >= 11 is 0. The number of carbonyl (C=O) groups excluding carboxylic acids is 2. The molecule has 1 rings (SSSR count). The maximum absolute atomic E-state index is 12.1. The van der Waals surface area contributed by atoms with Gasteiger partial charge in [0.2, 0.25) is 0 Å². The predicted octanol–water partition coefficient (Wildman–Crippen LogP) is 3.46. The minimum absolute atomic E-state index is 0.0239. The van der Waals surface area contributed by atoms with Crippen LogP contribution in [0.15, 0.2) is 24.3 Å². The number of Topliss-reactive ketones (excluding diaryl/α,β-unsaturated/α-hetero) is 1. The molecular weight excluding hydrogens is 320 g/mol. The molecule has 140 valence electrons. The molecule has 5 nitrogen and oxygen atoms in total. The molecule has 0 unspecified atom stereocenters. The van der Waals surface area contributed by atoms with Crippen molar-refractivity contribution in [3.63, 3.8) is 0 Å². The highest BCUT2D eigenvalue weighted by atomic mass is 16.4. The number of hydrogen-bond donors (Lipinski definition) is 2. The molecule has 0 bridgehead atoms. The summed E-state index contributed by atoms with van der Waals surface area (Å²) in [5.74, 6) is -1.35. The number of aliphatic hydroxyl groups is 1. The number of aliphatic carboxylic acids is 1. The van der Waals surface area contributed by atoms with E-state index in [0.717, 1.165) is 19.3 Å². The van der Waals surface area contributed by atoms with E-state index < -0.39 is 12.1 Å². The lowest BCUT2D eigenvalue weighted by atomic mass is 9.90. The normalized spacial score (nSPS) is 23.8. The van der Waals surface area contributed by atoms with Crippen molar-refractivity contribution in [3.8, 4) is 0 Å². The molecule has 1 fully saturated rings. The number of ketones is 2. The second-order valence-electron chi connectivity index (χ2n) is 6.70. The highest BCUT2D eigenvalue weighted by molar-refractivity contribution is 5.90. The summed E-state index contributed by atoms with van der Waals surface area (Å²) in [6.45, 7) is 2.08. The van der Waals surface area contributed by atoms with Gasteiger partial charge in [-0.1, -0.05) is 38.0 Å². The van der Waals surface area contributed by atoms with E-state index in [4.69, 9.17) is 5.11 Å². The molecule has 0 aromatic carbocycles. The Morgan fingerprint density at radius 1 is 1.16 bits per heavy atom. The smallest absolute Gasteiger partial charge is 0.303 e. The van der Waals surface area contributed by atoms with Crippen LogP contribution in [0.2, 0.25) is 0 Å². The van der Waals surface area contributed by atoms with Gasteiger partial charge in [0.05, 0.1) is 6.10 Å². The molecule has 1 aliphatic carbocycles. The minimum Gasteiger partial charge on any atom is -0.481 e. The lowest BCUT2D eigenvalue weighted by Gasteiger charge is -2.15. The van der Waals surface area contributed by atoms with Crippen LogP contribution in [0.4, 0.5) is 0 Å². The number of rotatable bonds is 12. The van der Waals surface area contributed by atoms with E-state index in [9.17, 15) is 19.5 Å². The summed E-state index contributed by atoms with van der Waals surface area (Å²) in [6.07, 6.45) is 11.8. The average molecular weight is 350 g/mol. The van der Waals surface area contributed by atoms with Crippen molar-refractivity contribution in [2.45, 2.75) is 70.8 Å². The van der Waals surface area contributed by atoms with Gasteiger partial charge in [0, 0.05) is 31.1 Å². The number of carbonyl (C=O) groups is 3. The summed E-state index contributed by atoms with van der Waals surface area (Å²) in [7, 11) is 0. The first-order valence-electron chi connectivity index (χ1n) is 9.24.